The smallest absolute Gasteiger partial charge is 0.235 e. The summed E-state index contributed by atoms with van der Waals surface area (Å²) >= 11 is 4.16. The van der Waals surface area contributed by atoms with Crippen LogP contribution in [0.2, 0.25) is 0 Å². The van der Waals surface area contributed by atoms with Crippen LogP contribution in [0.4, 0.5) is 0 Å². The molecular formula is C12H18N2OS. The summed E-state index contributed by atoms with van der Waals surface area (Å²) in [6.45, 7) is 6.94. The fraction of sp³-hybridized carbons (Fsp3) is 0.500. The zero-order chi connectivity index (χ0) is 12.1. The first-order chi connectivity index (χ1) is 7.54. The van der Waals surface area contributed by atoms with E-state index in [1.165, 1.54) is 0 Å². The first kappa shape index (κ1) is 13.0. The quantitative estimate of drug-likeness (QED) is 0.815. The van der Waals surface area contributed by atoms with Gasteiger partial charge in [0.25, 0.3) is 0 Å². The van der Waals surface area contributed by atoms with Gasteiger partial charge < -0.3 is 4.90 Å². The number of pyridine rings is 1. The number of aryl methyl sites for hydroxylation is 1. The number of rotatable bonds is 4. The van der Waals surface area contributed by atoms with Gasteiger partial charge in [0, 0.05) is 12.2 Å². The maximum Gasteiger partial charge on any atom is 0.235 e. The van der Waals surface area contributed by atoms with Crippen molar-refractivity contribution in [2.75, 3.05) is 6.54 Å². The summed E-state index contributed by atoms with van der Waals surface area (Å²) in [4.78, 5) is 17.9. The van der Waals surface area contributed by atoms with E-state index in [9.17, 15) is 4.79 Å². The molecule has 1 rings (SSSR count). The molecule has 1 amide bonds. The van der Waals surface area contributed by atoms with Crippen molar-refractivity contribution in [1.29, 1.82) is 0 Å². The average Bonchev–Trinajstić information content (AvgIpc) is 2.25. The van der Waals surface area contributed by atoms with Gasteiger partial charge in [0.15, 0.2) is 0 Å². The molecule has 0 aliphatic heterocycles. The van der Waals surface area contributed by atoms with Gasteiger partial charge in [-0.05, 0) is 32.9 Å². The second-order valence-corrected chi connectivity index (χ2v) is 4.57. The second kappa shape index (κ2) is 5.89. The lowest BCUT2D eigenvalue weighted by molar-refractivity contribution is -0.130. The molecule has 0 aliphatic rings. The maximum atomic E-state index is 11.8. The van der Waals surface area contributed by atoms with Crippen LogP contribution in [0.15, 0.2) is 18.2 Å². The van der Waals surface area contributed by atoms with E-state index < -0.39 is 0 Å². The predicted octanol–water partition coefficient (Wildman–Crippen LogP) is 2.06. The van der Waals surface area contributed by atoms with E-state index in [1.807, 2.05) is 32.0 Å². The van der Waals surface area contributed by atoms with Crippen LogP contribution >= 0.6 is 12.6 Å². The Bertz CT molecular complexity index is 366. The first-order valence-corrected chi connectivity index (χ1v) is 5.95. The van der Waals surface area contributed by atoms with Crippen LogP contribution in [0.3, 0.4) is 0 Å². The van der Waals surface area contributed by atoms with Crippen molar-refractivity contribution in [1.82, 2.24) is 9.88 Å². The molecule has 0 spiro atoms. The fourth-order valence-electron chi connectivity index (χ4n) is 1.49. The van der Waals surface area contributed by atoms with Gasteiger partial charge in [0.2, 0.25) is 5.91 Å². The van der Waals surface area contributed by atoms with Crippen LogP contribution in [-0.4, -0.2) is 27.6 Å². The Labute approximate surface area is 102 Å². The van der Waals surface area contributed by atoms with Gasteiger partial charge in [0.05, 0.1) is 17.5 Å². The highest BCUT2D eigenvalue weighted by molar-refractivity contribution is 7.81. The van der Waals surface area contributed by atoms with Crippen molar-refractivity contribution in [3.05, 3.63) is 29.6 Å². The van der Waals surface area contributed by atoms with Gasteiger partial charge in [-0.2, -0.15) is 12.6 Å². The van der Waals surface area contributed by atoms with Crippen LogP contribution in [-0.2, 0) is 11.3 Å². The lowest BCUT2D eigenvalue weighted by Crippen LogP contribution is -2.35. The number of amides is 1. The molecule has 1 heterocycles. The largest absolute Gasteiger partial charge is 0.336 e. The van der Waals surface area contributed by atoms with Gasteiger partial charge >= 0.3 is 0 Å². The SMILES string of the molecule is CCN(Cc1cccc(C)n1)C(=O)C(C)S. The molecule has 0 radical (unpaired) electrons. The molecule has 3 nitrogen and oxygen atoms in total. The van der Waals surface area contributed by atoms with E-state index in [0.717, 1.165) is 11.4 Å². The van der Waals surface area contributed by atoms with Gasteiger partial charge in [0.1, 0.15) is 0 Å². The highest BCUT2D eigenvalue weighted by atomic mass is 32.1. The third-order valence-electron chi connectivity index (χ3n) is 2.35. The standard InChI is InChI=1S/C12H18N2OS/c1-4-14(12(15)10(3)16)8-11-7-5-6-9(2)13-11/h5-7,10,16H,4,8H2,1-3H3. The number of thiol groups is 1. The van der Waals surface area contributed by atoms with Crippen LogP contribution in [0.5, 0.6) is 0 Å². The Morgan fingerprint density at radius 1 is 1.56 bits per heavy atom. The average molecular weight is 238 g/mol. The van der Waals surface area contributed by atoms with Gasteiger partial charge in [-0.15, -0.1) is 0 Å². The molecular weight excluding hydrogens is 220 g/mol. The van der Waals surface area contributed by atoms with Crippen molar-refractivity contribution in [2.45, 2.75) is 32.6 Å². The van der Waals surface area contributed by atoms with E-state index in [2.05, 4.69) is 17.6 Å². The van der Waals surface area contributed by atoms with Crippen LogP contribution in [0.25, 0.3) is 0 Å². The van der Waals surface area contributed by atoms with Gasteiger partial charge in [-0.3, -0.25) is 9.78 Å². The topological polar surface area (TPSA) is 33.2 Å². The molecule has 1 aromatic rings. The monoisotopic (exact) mass is 238 g/mol. The summed E-state index contributed by atoms with van der Waals surface area (Å²) < 4.78 is 0. The molecule has 1 atom stereocenters. The Morgan fingerprint density at radius 3 is 2.75 bits per heavy atom. The molecule has 0 saturated carbocycles. The van der Waals surface area contributed by atoms with Gasteiger partial charge in [-0.1, -0.05) is 6.07 Å². The second-order valence-electron chi connectivity index (χ2n) is 3.80. The van der Waals surface area contributed by atoms with E-state index in [4.69, 9.17) is 0 Å². The van der Waals surface area contributed by atoms with Gasteiger partial charge in [-0.25, -0.2) is 0 Å². The minimum Gasteiger partial charge on any atom is -0.336 e. The van der Waals surface area contributed by atoms with E-state index in [0.29, 0.717) is 13.1 Å². The third-order valence-corrected chi connectivity index (χ3v) is 2.57. The maximum absolute atomic E-state index is 11.8. The summed E-state index contributed by atoms with van der Waals surface area (Å²) in [6.07, 6.45) is 0. The molecule has 0 saturated heterocycles. The highest BCUT2D eigenvalue weighted by Crippen LogP contribution is 2.07. The molecule has 1 aromatic heterocycles. The number of carbonyl (C=O) groups excluding carboxylic acids is 1. The third kappa shape index (κ3) is 3.52. The number of hydrogen-bond donors (Lipinski definition) is 1. The number of carbonyl (C=O) groups is 1. The fourth-order valence-corrected chi connectivity index (χ4v) is 1.66. The lowest BCUT2D eigenvalue weighted by Gasteiger charge is -2.22. The lowest BCUT2D eigenvalue weighted by atomic mass is 10.3. The summed E-state index contributed by atoms with van der Waals surface area (Å²) in [5.74, 6) is 0.0501. The minimum absolute atomic E-state index is 0.0501. The molecule has 16 heavy (non-hydrogen) atoms. The zero-order valence-corrected chi connectivity index (χ0v) is 10.9. The Hall–Kier alpha value is -1.03. The molecule has 88 valence electrons. The molecule has 0 aliphatic carbocycles. The summed E-state index contributed by atoms with van der Waals surface area (Å²) in [6, 6.07) is 5.84. The van der Waals surface area contributed by atoms with Crippen molar-refractivity contribution < 1.29 is 4.79 Å². The molecule has 0 fully saturated rings. The van der Waals surface area contributed by atoms with Crippen molar-refractivity contribution >= 4 is 18.5 Å². The molecule has 4 heteroatoms. The molecule has 0 N–H and O–H groups in total. The minimum atomic E-state index is -0.259. The summed E-state index contributed by atoms with van der Waals surface area (Å²) in [5.41, 5.74) is 1.89. The Morgan fingerprint density at radius 2 is 2.25 bits per heavy atom. The van der Waals surface area contributed by atoms with E-state index >= 15 is 0 Å². The Kier molecular flexibility index (Phi) is 4.80. The Balaban J connectivity index is 2.74. The molecule has 0 bridgehead atoms. The van der Waals surface area contributed by atoms with Crippen molar-refractivity contribution in [3.8, 4) is 0 Å². The number of aromatic nitrogens is 1. The summed E-state index contributed by atoms with van der Waals surface area (Å²) in [5, 5.41) is -0.259. The number of hydrogen-bond acceptors (Lipinski definition) is 3. The summed E-state index contributed by atoms with van der Waals surface area (Å²) in [7, 11) is 0. The molecule has 0 aromatic carbocycles. The van der Waals surface area contributed by atoms with Crippen LogP contribution < -0.4 is 0 Å². The van der Waals surface area contributed by atoms with Crippen LogP contribution in [0, 0.1) is 6.92 Å². The van der Waals surface area contributed by atoms with Crippen molar-refractivity contribution in [2.24, 2.45) is 0 Å². The predicted molar refractivity (Wildman–Crippen MR) is 68.5 cm³/mol. The van der Waals surface area contributed by atoms with E-state index in [1.54, 1.807) is 11.8 Å². The van der Waals surface area contributed by atoms with Crippen LogP contribution in [0.1, 0.15) is 25.2 Å². The normalized spacial score (nSPS) is 12.2. The highest BCUT2D eigenvalue weighted by Gasteiger charge is 2.16. The first-order valence-electron chi connectivity index (χ1n) is 5.44. The van der Waals surface area contributed by atoms with Crippen molar-refractivity contribution in [3.63, 3.8) is 0 Å². The molecule has 1 unspecified atom stereocenters. The zero-order valence-electron chi connectivity index (χ0n) is 9.97. The number of nitrogens with zero attached hydrogens (tertiary/aromatic N) is 2. The van der Waals surface area contributed by atoms with E-state index in [-0.39, 0.29) is 11.2 Å².